The maximum atomic E-state index is 12.8. The molecule has 1 aromatic carbocycles. The molecule has 2 bridgehead atoms. The van der Waals surface area contributed by atoms with E-state index >= 15 is 0 Å². The number of hydrogen-bond donors (Lipinski definition) is 1. The number of fused-ring (bicyclic) bond motifs is 2. The van der Waals surface area contributed by atoms with E-state index in [9.17, 15) is 4.79 Å². The standard InChI is InChI=1S/C28H33ClN6O4/c1-4-18-10-31-26(33-23-6-5-21(9-22(23)29)35-16-30-15-32-35)17(2)24(18)38-25-19-11-34(12-20(25)14-37-13-19)27(36)39-28(3)7-8-28/h5-6,9-10,15-16,19-20,25H,4,7-8,11-14H2,1-3H3,(H,31,33). The van der Waals surface area contributed by atoms with E-state index in [-0.39, 0.29) is 29.6 Å². The zero-order valence-corrected chi connectivity index (χ0v) is 23.1. The minimum Gasteiger partial charge on any atom is -0.489 e. The van der Waals surface area contributed by atoms with Gasteiger partial charge in [0.15, 0.2) is 0 Å². The smallest absolute Gasteiger partial charge is 0.410 e. The Morgan fingerprint density at radius 3 is 2.67 bits per heavy atom. The Balaban J connectivity index is 1.21. The zero-order valence-electron chi connectivity index (χ0n) is 22.4. The number of carbonyl (C=O) groups is 1. The predicted molar refractivity (Wildman–Crippen MR) is 146 cm³/mol. The normalized spacial score (nSPS) is 23.3. The first-order valence-corrected chi connectivity index (χ1v) is 13.8. The van der Waals surface area contributed by atoms with E-state index in [1.165, 1.54) is 6.33 Å². The van der Waals surface area contributed by atoms with Crippen LogP contribution in [-0.4, -0.2) is 68.7 Å². The fourth-order valence-electron chi connectivity index (χ4n) is 5.34. The maximum absolute atomic E-state index is 12.8. The quantitative estimate of drug-likeness (QED) is 0.439. The van der Waals surface area contributed by atoms with Crippen molar-refractivity contribution in [2.45, 2.75) is 51.7 Å². The number of likely N-dealkylation sites (tertiary alicyclic amines) is 1. The first-order chi connectivity index (χ1) is 18.8. The number of amides is 1. The number of nitrogens with one attached hydrogen (secondary N) is 1. The highest BCUT2D eigenvalue weighted by Crippen LogP contribution is 2.41. The second-order valence-electron chi connectivity index (χ2n) is 10.9. The molecule has 11 heteroatoms. The molecule has 1 saturated carbocycles. The number of piperidine rings is 1. The minimum atomic E-state index is -0.288. The van der Waals surface area contributed by atoms with Crippen molar-refractivity contribution >= 4 is 29.2 Å². The highest BCUT2D eigenvalue weighted by atomic mass is 35.5. The fraction of sp³-hybridized carbons (Fsp3) is 0.500. The molecule has 2 atom stereocenters. The summed E-state index contributed by atoms with van der Waals surface area (Å²) in [6.45, 7) is 8.31. The summed E-state index contributed by atoms with van der Waals surface area (Å²) in [5.74, 6) is 1.63. The van der Waals surface area contributed by atoms with Crippen LogP contribution in [0.1, 0.15) is 37.8 Å². The SMILES string of the molecule is CCc1cnc(Nc2ccc(-n3cncn3)cc2Cl)c(C)c1OC1C2COCC1CN(C(=O)OC1(C)CC1)C2. The zero-order chi connectivity index (χ0) is 27.1. The van der Waals surface area contributed by atoms with Crippen LogP contribution in [0.5, 0.6) is 5.75 Å². The highest BCUT2D eigenvalue weighted by Gasteiger charge is 2.47. The van der Waals surface area contributed by atoms with Gasteiger partial charge < -0.3 is 24.4 Å². The van der Waals surface area contributed by atoms with Gasteiger partial charge in [-0.05, 0) is 51.3 Å². The number of hydrogen-bond acceptors (Lipinski definition) is 8. The molecule has 1 N–H and O–H groups in total. The van der Waals surface area contributed by atoms with Gasteiger partial charge >= 0.3 is 6.09 Å². The number of aryl methyl sites for hydroxylation is 1. The van der Waals surface area contributed by atoms with Gasteiger partial charge in [-0.3, -0.25) is 0 Å². The lowest BCUT2D eigenvalue weighted by atomic mass is 9.84. The molecule has 3 aliphatic rings. The summed E-state index contributed by atoms with van der Waals surface area (Å²) in [5, 5.41) is 8.08. The monoisotopic (exact) mass is 552 g/mol. The number of anilines is 2. The second kappa shape index (κ2) is 10.3. The highest BCUT2D eigenvalue weighted by molar-refractivity contribution is 6.33. The van der Waals surface area contributed by atoms with Crippen molar-refractivity contribution in [1.82, 2.24) is 24.6 Å². The Bertz CT molecular complexity index is 1350. The Labute approximate surface area is 232 Å². The van der Waals surface area contributed by atoms with Gasteiger partial charge in [0.2, 0.25) is 0 Å². The molecule has 1 amide bonds. The van der Waals surface area contributed by atoms with Crippen LogP contribution >= 0.6 is 11.6 Å². The molecule has 0 spiro atoms. The molecule has 1 aliphatic carbocycles. The lowest BCUT2D eigenvalue weighted by molar-refractivity contribution is -0.111. The van der Waals surface area contributed by atoms with Gasteiger partial charge in [-0.2, -0.15) is 5.10 Å². The average Bonchev–Trinajstić information content (AvgIpc) is 3.39. The molecule has 2 aromatic heterocycles. The van der Waals surface area contributed by atoms with Crippen molar-refractivity contribution in [3.63, 3.8) is 0 Å². The van der Waals surface area contributed by atoms with Gasteiger partial charge in [0.05, 0.1) is 29.6 Å². The number of aromatic nitrogens is 4. The topological polar surface area (TPSA) is 104 Å². The van der Waals surface area contributed by atoms with E-state index in [0.717, 1.165) is 47.5 Å². The predicted octanol–water partition coefficient (Wildman–Crippen LogP) is 4.94. The van der Waals surface area contributed by atoms with Crippen LogP contribution in [0.15, 0.2) is 37.1 Å². The number of ether oxygens (including phenoxy) is 3. The number of halogens is 1. The Morgan fingerprint density at radius 2 is 2.03 bits per heavy atom. The summed E-state index contributed by atoms with van der Waals surface area (Å²) in [7, 11) is 0. The summed E-state index contributed by atoms with van der Waals surface area (Å²) in [6, 6.07) is 5.64. The van der Waals surface area contributed by atoms with Gasteiger partial charge in [0.1, 0.15) is 35.9 Å². The molecule has 2 unspecified atom stereocenters. The molecule has 10 nitrogen and oxygen atoms in total. The van der Waals surface area contributed by atoms with Crippen LogP contribution in [0.3, 0.4) is 0 Å². The minimum absolute atomic E-state index is 0.0597. The van der Waals surface area contributed by atoms with Crippen LogP contribution in [0.4, 0.5) is 16.3 Å². The van der Waals surface area contributed by atoms with E-state index in [4.69, 9.17) is 25.8 Å². The van der Waals surface area contributed by atoms with E-state index in [2.05, 4.69) is 27.3 Å². The van der Waals surface area contributed by atoms with Crippen molar-refractivity contribution in [2.24, 2.45) is 11.8 Å². The van der Waals surface area contributed by atoms with Crippen molar-refractivity contribution < 1.29 is 19.0 Å². The van der Waals surface area contributed by atoms with Gasteiger partial charge in [0.25, 0.3) is 0 Å². The molecule has 2 aliphatic heterocycles. The largest absolute Gasteiger partial charge is 0.489 e. The molecule has 6 rings (SSSR count). The summed E-state index contributed by atoms with van der Waals surface area (Å²) >= 11 is 6.61. The summed E-state index contributed by atoms with van der Waals surface area (Å²) < 4.78 is 20.1. The van der Waals surface area contributed by atoms with Crippen LogP contribution in [0.2, 0.25) is 5.02 Å². The maximum Gasteiger partial charge on any atom is 0.410 e. The molecule has 3 fully saturated rings. The third kappa shape index (κ3) is 5.27. The number of pyridine rings is 1. The van der Waals surface area contributed by atoms with Crippen molar-refractivity contribution in [2.75, 3.05) is 31.6 Å². The summed E-state index contributed by atoms with van der Waals surface area (Å²) in [4.78, 5) is 23.3. The number of nitrogens with zero attached hydrogens (tertiary/aromatic N) is 5. The van der Waals surface area contributed by atoms with Gasteiger partial charge in [-0.1, -0.05) is 18.5 Å². The molecule has 2 saturated heterocycles. The first-order valence-electron chi connectivity index (χ1n) is 13.5. The van der Waals surface area contributed by atoms with Gasteiger partial charge in [-0.15, -0.1) is 0 Å². The number of benzene rings is 1. The van der Waals surface area contributed by atoms with Crippen LogP contribution in [0.25, 0.3) is 5.69 Å². The van der Waals surface area contributed by atoms with Gasteiger partial charge in [-0.25, -0.2) is 19.4 Å². The van der Waals surface area contributed by atoms with Crippen LogP contribution in [-0.2, 0) is 15.9 Å². The molecule has 39 heavy (non-hydrogen) atoms. The van der Waals surface area contributed by atoms with Crippen LogP contribution < -0.4 is 10.1 Å². The molecule has 0 radical (unpaired) electrons. The number of carbonyl (C=O) groups excluding carboxylic acids is 1. The molecular formula is C28H33ClN6O4. The van der Waals surface area contributed by atoms with Crippen molar-refractivity contribution in [3.8, 4) is 11.4 Å². The lowest BCUT2D eigenvalue weighted by Crippen LogP contribution is -2.59. The van der Waals surface area contributed by atoms with E-state index in [1.807, 2.05) is 43.1 Å². The van der Waals surface area contributed by atoms with Crippen molar-refractivity contribution in [3.05, 3.63) is 53.2 Å². The van der Waals surface area contributed by atoms with E-state index in [1.54, 1.807) is 11.0 Å². The fourth-order valence-corrected chi connectivity index (χ4v) is 5.56. The first kappa shape index (κ1) is 25.9. The second-order valence-corrected chi connectivity index (χ2v) is 11.3. The third-order valence-corrected chi connectivity index (χ3v) is 8.22. The summed E-state index contributed by atoms with van der Waals surface area (Å²) in [5.41, 5.74) is 3.20. The Morgan fingerprint density at radius 1 is 1.26 bits per heavy atom. The third-order valence-electron chi connectivity index (χ3n) is 7.91. The molecule has 3 aromatic rings. The average molecular weight is 553 g/mol. The van der Waals surface area contributed by atoms with Crippen molar-refractivity contribution in [1.29, 1.82) is 0 Å². The Hall–Kier alpha value is -3.37. The Kier molecular flexibility index (Phi) is 6.84. The van der Waals surface area contributed by atoms with E-state index in [0.29, 0.717) is 37.1 Å². The molecular weight excluding hydrogens is 520 g/mol. The number of rotatable bonds is 7. The van der Waals surface area contributed by atoms with Crippen LogP contribution in [0, 0.1) is 18.8 Å². The molecule has 206 valence electrons. The lowest BCUT2D eigenvalue weighted by Gasteiger charge is -2.46. The van der Waals surface area contributed by atoms with E-state index < -0.39 is 0 Å². The van der Waals surface area contributed by atoms with Gasteiger partial charge in [0, 0.05) is 42.2 Å². The summed E-state index contributed by atoms with van der Waals surface area (Å²) in [6.07, 6.45) is 7.32. The molecule has 4 heterocycles.